The molecule has 0 amide bonds. The summed E-state index contributed by atoms with van der Waals surface area (Å²) >= 11 is 15.7. The van der Waals surface area contributed by atoms with Gasteiger partial charge in [-0.25, -0.2) is 0 Å². The van der Waals surface area contributed by atoms with Crippen LogP contribution in [-0.4, -0.2) is 20.8 Å². The van der Waals surface area contributed by atoms with Crippen molar-refractivity contribution in [2.75, 3.05) is 20.8 Å². The summed E-state index contributed by atoms with van der Waals surface area (Å²) in [6.45, 7) is 1.94. The van der Waals surface area contributed by atoms with E-state index in [1.807, 2.05) is 30.3 Å². The Labute approximate surface area is 213 Å². The summed E-state index contributed by atoms with van der Waals surface area (Å²) in [7, 11) is 3.31. The molecule has 0 atom stereocenters. The number of hydrogen-bond acceptors (Lipinski definition) is 4. The second kappa shape index (κ2) is 13.2. The molecule has 0 aliphatic rings. The van der Waals surface area contributed by atoms with Gasteiger partial charge in [0.05, 0.1) is 28.7 Å². The van der Waals surface area contributed by atoms with E-state index in [1.165, 1.54) is 5.56 Å². The first-order chi connectivity index (χ1) is 15.0. The Bertz CT molecular complexity index is 1020. The van der Waals surface area contributed by atoms with Crippen molar-refractivity contribution in [2.45, 2.75) is 19.6 Å². The first-order valence-electron chi connectivity index (χ1n) is 9.77. The van der Waals surface area contributed by atoms with Crippen molar-refractivity contribution in [3.05, 3.63) is 85.8 Å². The molecule has 0 radical (unpaired) electrons. The molecule has 0 aromatic heterocycles. The van der Waals surface area contributed by atoms with Crippen LogP contribution in [0.5, 0.6) is 17.2 Å². The number of halogens is 4. The predicted octanol–water partition coefficient (Wildman–Crippen LogP) is 7.11. The van der Waals surface area contributed by atoms with Crippen LogP contribution in [-0.2, 0) is 19.6 Å². The smallest absolute Gasteiger partial charge is 0.175 e. The minimum Gasteiger partial charge on any atom is -0.497 e. The van der Waals surface area contributed by atoms with Crippen molar-refractivity contribution in [1.29, 1.82) is 0 Å². The highest BCUT2D eigenvalue weighted by molar-refractivity contribution is 9.10. The Morgan fingerprint density at radius 3 is 2.22 bits per heavy atom. The van der Waals surface area contributed by atoms with Gasteiger partial charge in [0.1, 0.15) is 12.4 Å². The summed E-state index contributed by atoms with van der Waals surface area (Å²) < 4.78 is 17.6. The van der Waals surface area contributed by atoms with E-state index in [0.29, 0.717) is 28.2 Å². The molecule has 1 N–H and O–H groups in total. The molecule has 0 aliphatic heterocycles. The lowest BCUT2D eigenvalue weighted by Gasteiger charge is -2.15. The minimum atomic E-state index is 0. The zero-order valence-electron chi connectivity index (χ0n) is 17.8. The summed E-state index contributed by atoms with van der Waals surface area (Å²) in [6.07, 6.45) is 0.938. The van der Waals surface area contributed by atoms with Gasteiger partial charge in [0.15, 0.2) is 11.5 Å². The lowest BCUT2D eigenvalue weighted by molar-refractivity contribution is 0.282. The third-order valence-electron chi connectivity index (χ3n) is 4.74. The van der Waals surface area contributed by atoms with Gasteiger partial charge in [-0.3, -0.25) is 0 Å². The second-order valence-corrected chi connectivity index (χ2v) is 8.59. The average molecular weight is 562 g/mol. The van der Waals surface area contributed by atoms with Crippen LogP contribution in [0.1, 0.15) is 16.7 Å². The van der Waals surface area contributed by atoms with Crippen molar-refractivity contribution >= 4 is 51.5 Å². The highest BCUT2D eigenvalue weighted by Crippen LogP contribution is 2.37. The highest BCUT2D eigenvalue weighted by Gasteiger charge is 2.12. The van der Waals surface area contributed by atoms with Crippen molar-refractivity contribution < 1.29 is 14.2 Å². The van der Waals surface area contributed by atoms with Crippen molar-refractivity contribution in [1.82, 2.24) is 5.32 Å². The summed E-state index contributed by atoms with van der Waals surface area (Å²) in [5.41, 5.74) is 3.28. The maximum absolute atomic E-state index is 6.09. The lowest BCUT2D eigenvalue weighted by Crippen LogP contribution is -2.16. The molecule has 0 aliphatic carbocycles. The molecule has 0 spiro atoms. The lowest BCUT2D eigenvalue weighted by atomic mass is 10.1. The van der Waals surface area contributed by atoms with E-state index in [-0.39, 0.29) is 12.4 Å². The van der Waals surface area contributed by atoms with Crippen LogP contribution in [0, 0.1) is 0 Å². The van der Waals surface area contributed by atoms with Crippen molar-refractivity contribution in [3.8, 4) is 17.2 Å². The number of hydrogen-bond donors (Lipinski definition) is 1. The normalized spacial score (nSPS) is 10.4. The monoisotopic (exact) mass is 559 g/mol. The Morgan fingerprint density at radius 1 is 0.844 bits per heavy atom. The quantitative estimate of drug-likeness (QED) is 0.268. The van der Waals surface area contributed by atoms with Crippen LogP contribution in [0.4, 0.5) is 0 Å². The second-order valence-electron chi connectivity index (χ2n) is 6.92. The van der Waals surface area contributed by atoms with Gasteiger partial charge >= 0.3 is 0 Å². The Hall–Kier alpha value is -1.63. The van der Waals surface area contributed by atoms with Crippen LogP contribution in [0.15, 0.2) is 59.1 Å². The van der Waals surface area contributed by atoms with Gasteiger partial charge in [0, 0.05) is 6.54 Å². The maximum Gasteiger partial charge on any atom is 0.175 e. The molecule has 8 heteroatoms. The summed E-state index contributed by atoms with van der Waals surface area (Å²) in [4.78, 5) is 0. The largest absolute Gasteiger partial charge is 0.497 e. The van der Waals surface area contributed by atoms with Gasteiger partial charge < -0.3 is 19.5 Å². The fourth-order valence-electron chi connectivity index (χ4n) is 3.06. The first kappa shape index (κ1) is 26.6. The Balaban J connectivity index is 0.00000363. The topological polar surface area (TPSA) is 39.7 Å². The molecule has 3 aromatic carbocycles. The molecule has 3 aromatic rings. The van der Waals surface area contributed by atoms with E-state index < -0.39 is 0 Å². The van der Waals surface area contributed by atoms with Gasteiger partial charge in [0.2, 0.25) is 0 Å². The molecule has 3 rings (SSSR count). The van der Waals surface area contributed by atoms with Crippen LogP contribution in [0.2, 0.25) is 10.0 Å². The summed E-state index contributed by atoms with van der Waals surface area (Å²) in [5.74, 6) is 2.19. The zero-order valence-corrected chi connectivity index (χ0v) is 21.7. The molecule has 0 heterocycles. The van der Waals surface area contributed by atoms with E-state index in [4.69, 9.17) is 37.4 Å². The Morgan fingerprint density at radius 2 is 1.56 bits per heavy atom. The van der Waals surface area contributed by atoms with E-state index >= 15 is 0 Å². The first-order valence-corrected chi connectivity index (χ1v) is 11.3. The highest BCUT2D eigenvalue weighted by atomic mass is 79.9. The van der Waals surface area contributed by atoms with Crippen LogP contribution < -0.4 is 19.5 Å². The third-order valence-corrected chi connectivity index (χ3v) is 6.06. The number of ether oxygens (including phenoxy) is 3. The number of benzene rings is 3. The minimum absolute atomic E-state index is 0. The van der Waals surface area contributed by atoms with E-state index in [0.717, 1.165) is 40.9 Å². The number of rotatable bonds is 10. The molecule has 172 valence electrons. The summed E-state index contributed by atoms with van der Waals surface area (Å²) in [6, 6.07) is 17.6. The van der Waals surface area contributed by atoms with Gasteiger partial charge in [-0.2, -0.15) is 0 Å². The molecule has 0 bridgehead atoms. The average Bonchev–Trinajstić information content (AvgIpc) is 2.78. The van der Waals surface area contributed by atoms with Crippen LogP contribution >= 0.6 is 51.5 Å². The molecule has 0 saturated heterocycles. The van der Waals surface area contributed by atoms with Crippen molar-refractivity contribution in [2.24, 2.45) is 0 Å². The number of nitrogens with one attached hydrogen (secondary N) is 1. The molecular weight excluding hydrogens is 537 g/mol. The molecule has 0 saturated carbocycles. The summed E-state index contributed by atoms with van der Waals surface area (Å²) in [5, 5.41) is 4.50. The van der Waals surface area contributed by atoms with Gasteiger partial charge in [0.25, 0.3) is 0 Å². The van der Waals surface area contributed by atoms with Gasteiger partial charge in [-0.1, -0.05) is 41.4 Å². The SMILES string of the molecule is COc1ccc(CCNCc2cc(Br)c(OCc3ccc(Cl)c(Cl)c3)c(OC)c2)cc1.Cl. The Kier molecular flexibility index (Phi) is 11.0. The molecule has 0 fully saturated rings. The molecule has 4 nitrogen and oxygen atoms in total. The molecule has 32 heavy (non-hydrogen) atoms. The van der Waals surface area contributed by atoms with E-state index in [9.17, 15) is 0 Å². The molecule has 0 unspecified atom stereocenters. The van der Waals surface area contributed by atoms with Gasteiger partial charge in [-0.15, -0.1) is 12.4 Å². The fourth-order valence-corrected chi connectivity index (χ4v) is 3.98. The van der Waals surface area contributed by atoms with Gasteiger partial charge in [-0.05, 0) is 82.0 Å². The third kappa shape index (κ3) is 7.46. The van der Waals surface area contributed by atoms with Crippen LogP contribution in [0.25, 0.3) is 0 Å². The zero-order chi connectivity index (χ0) is 22.2. The number of methoxy groups -OCH3 is 2. The van der Waals surface area contributed by atoms with E-state index in [1.54, 1.807) is 26.4 Å². The van der Waals surface area contributed by atoms with E-state index in [2.05, 4.69) is 33.4 Å². The van der Waals surface area contributed by atoms with Crippen LogP contribution in [0.3, 0.4) is 0 Å². The predicted molar refractivity (Wildman–Crippen MR) is 137 cm³/mol. The maximum atomic E-state index is 6.09. The molecular formula is C24H25BrCl3NO3. The standard InChI is InChI=1S/C24H24BrCl2NO3.ClH/c1-29-19-6-3-16(4-7-19)9-10-28-14-18-11-20(25)24(23(13-18)30-2)31-15-17-5-8-21(26)22(27)12-17;/h3-8,11-13,28H,9-10,14-15H2,1-2H3;1H. The fraction of sp³-hybridized carbons (Fsp3) is 0.250. The van der Waals surface area contributed by atoms with Crippen molar-refractivity contribution in [3.63, 3.8) is 0 Å².